The normalized spacial score (nSPS) is 24.2. The van der Waals surface area contributed by atoms with E-state index in [1.54, 1.807) is 13.0 Å². The van der Waals surface area contributed by atoms with Gasteiger partial charge in [-0.2, -0.15) is 5.26 Å². The molecular formula is C17H23N3O. The fraction of sp³-hybridized carbons (Fsp3) is 0.588. The minimum absolute atomic E-state index is 0.504. The van der Waals surface area contributed by atoms with Crippen LogP contribution in [0.25, 0.3) is 0 Å². The maximum atomic E-state index is 10.0. The van der Waals surface area contributed by atoms with Gasteiger partial charge in [0.05, 0.1) is 17.7 Å². The van der Waals surface area contributed by atoms with Crippen molar-refractivity contribution in [3.05, 3.63) is 29.3 Å². The Bertz CT molecular complexity index is 549. The van der Waals surface area contributed by atoms with E-state index in [2.05, 4.69) is 15.9 Å². The second-order valence-electron chi connectivity index (χ2n) is 6.19. The van der Waals surface area contributed by atoms with Crippen molar-refractivity contribution in [2.24, 2.45) is 0 Å². The summed E-state index contributed by atoms with van der Waals surface area (Å²) in [7, 11) is 0. The first-order valence-electron chi connectivity index (χ1n) is 7.90. The molecule has 0 bridgehead atoms. The molecule has 2 heterocycles. The first-order valence-corrected chi connectivity index (χ1v) is 7.90. The number of hydrogen-bond donors (Lipinski definition) is 1. The van der Waals surface area contributed by atoms with Crippen LogP contribution in [0, 0.1) is 11.3 Å². The summed E-state index contributed by atoms with van der Waals surface area (Å²) in [6, 6.07) is 8.47. The molecule has 0 saturated carbocycles. The third-order valence-corrected chi connectivity index (χ3v) is 4.75. The SMILES string of the molecule is C[C@@H](O)c1ccc(C#N)cc1N1CCCN2CCCC2C1. The van der Waals surface area contributed by atoms with E-state index in [0.29, 0.717) is 11.6 Å². The van der Waals surface area contributed by atoms with Crippen LogP contribution in [0.5, 0.6) is 0 Å². The standard InChI is InChI=1S/C17H23N3O/c1-13(21)16-6-5-14(11-18)10-17(16)20-9-3-8-19-7-2-4-15(19)12-20/h5-6,10,13,15,21H,2-4,7-9,12H2,1H3/t13-,15?/m1/s1. The zero-order valence-corrected chi connectivity index (χ0v) is 12.6. The quantitative estimate of drug-likeness (QED) is 0.906. The lowest BCUT2D eigenvalue weighted by Crippen LogP contribution is -2.37. The Hall–Kier alpha value is -1.57. The zero-order chi connectivity index (χ0) is 14.8. The summed E-state index contributed by atoms with van der Waals surface area (Å²) in [6.45, 7) is 6.20. The van der Waals surface area contributed by atoms with Gasteiger partial charge < -0.3 is 10.0 Å². The highest BCUT2D eigenvalue weighted by molar-refractivity contribution is 5.58. The minimum Gasteiger partial charge on any atom is -0.389 e. The molecule has 3 rings (SSSR count). The minimum atomic E-state index is -0.504. The molecule has 0 amide bonds. The molecule has 0 aliphatic carbocycles. The number of anilines is 1. The number of aliphatic hydroxyl groups is 1. The smallest absolute Gasteiger partial charge is 0.0992 e. The number of hydrogen-bond acceptors (Lipinski definition) is 4. The Kier molecular flexibility index (Phi) is 4.14. The number of nitrogens with zero attached hydrogens (tertiary/aromatic N) is 3. The topological polar surface area (TPSA) is 50.5 Å². The fourth-order valence-electron chi connectivity index (χ4n) is 3.67. The molecule has 4 heteroatoms. The van der Waals surface area contributed by atoms with E-state index in [1.165, 1.54) is 25.9 Å². The summed E-state index contributed by atoms with van der Waals surface area (Å²) in [4.78, 5) is 4.97. The Morgan fingerprint density at radius 2 is 2.10 bits per heavy atom. The average Bonchev–Trinajstić information content (AvgIpc) is 2.83. The summed E-state index contributed by atoms with van der Waals surface area (Å²) in [5.74, 6) is 0. The molecule has 1 N–H and O–H groups in total. The lowest BCUT2D eigenvalue weighted by molar-refractivity contribution is 0.199. The van der Waals surface area contributed by atoms with Crippen molar-refractivity contribution in [2.75, 3.05) is 31.1 Å². The van der Waals surface area contributed by atoms with E-state index < -0.39 is 6.10 Å². The van der Waals surface area contributed by atoms with Crippen LogP contribution in [-0.4, -0.2) is 42.2 Å². The van der Waals surface area contributed by atoms with Gasteiger partial charge in [-0.05, 0) is 44.9 Å². The van der Waals surface area contributed by atoms with Crippen LogP contribution < -0.4 is 4.90 Å². The highest BCUT2D eigenvalue weighted by atomic mass is 16.3. The van der Waals surface area contributed by atoms with E-state index >= 15 is 0 Å². The summed E-state index contributed by atoms with van der Waals surface area (Å²) in [6.07, 6.45) is 3.20. The summed E-state index contributed by atoms with van der Waals surface area (Å²) < 4.78 is 0. The lowest BCUT2D eigenvalue weighted by atomic mass is 10.0. The van der Waals surface area contributed by atoms with Crippen molar-refractivity contribution in [2.45, 2.75) is 38.3 Å². The molecule has 4 nitrogen and oxygen atoms in total. The van der Waals surface area contributed by atoms with Crippen LogP contribution >= 0.6 is 0 Å². The molecule has 21 heavy (non-hydrogen) atoms. The highest BCUT2D eigenvalue weighted by Crippen LogP contribution is 2.31. The van der Waals surface area contributed by atoms with E-state index in [4.69, 9.17) is 5.26 Å². The summed E-state index contributed by atoms with van der Waals surface area (Å²) >= 11 is 0. The van der Waals surface area contributed by atoms with Gasteiger partial charge in [-0.3, -0.25) is 4.90 Å². The van der Waals surface area contributed by atoms with Gasteiger partial charge in [0.1, 0.15) is 0 Å². The van der Waals surface area contributed by atoms with E-state index in [-0.39, 0.29) is 0 Å². The third kappa shape index (κ3) is 2.90. The Balaban J connectivity index is 1.92. The van der Waals surface area contributed by atoms with Gasteiger partial charge in [0.25, 0.3) is 0 Å². The predicted octanol–water partition coefficient (Wildman–Crippen LogP) is 2.29. The van der Waals surface area contributed by atoms with Crippen LogP contribution in [0.1, 0.15) is 43.4 Å². The average molecular weight is 285 g/mol. The van der Waals surface area contributed by atoms with Gasteiger partial charge >= 0.3 is 0 Å². The zero-order valence-electron chi connectivity index (χ0n) is 12.6. The molecule has 2 fully saturated rings. The maximum absolute atomic E-state index is 10.0. The van der Waals surface area contributed by atoms with Crippen molar-refractivity contribution in [1.82, 2.24) is 4.90 Å². The number of nitriles is 1. The fourth-order valence-corrected chi connectivity index (χ4v) is 3.67. The Morgan fingerprint density at radius 3 is 2.86 bits per heavy atom. The van der Waals surface area contributed by atoms with Crippen molar-refractivity contribution in [3.8, 4) is 6.07 Å². The van der Waals surface area contributed by atoms with Crippen LogP contribution in [0.15, 0.2) is 18.2 Å². The molecule has 0 radical (unpaired) electrons. The van der Waals surface area contributed by atoms with Crippen LogP contribution in [0.3, 0.4) is 0 Å². The lowest BCUT2D eigenvalue weighted by Gasteiger charge is -2.29. The first-order chi connectivity index (χ1) is 10.2. The summed E-state index contributed by atoms with van der Waals surface area (Å²) in [5, 5.41) is 19.2. The van der Waals surface area contributed by atoms with Gasteiger partial charge in [-0.25, -0.2) is 0 Å². The van der Waals surface area contributed by atoms with Gasteiger partial charge in [0, 0.05) is 36.9 Å². The van der Waals surface area contributed by atoms with Crippen molar-refractivity contribution in [3.63, 3.8) is 0 Å². The monoisotopic (exact) mass is 285 g/mol. The van der Waals surface area contributed by atoms with Crippen molar-refractivity contribution in [1.29, 1.82) is 5.26 Å². The molecule has 2 aliphatic heterocycles. The van der Waals surface area contributed by atoms with E-state index in [9.17, 15) is 5.11 Å². The Labute approximate surface area is 126 Å². The second-order valence-corrected chi connectivity index (χ2v) is 6.19. The third-order valence-electron chi connectivity index (χ3n) is 4.75. The van der Waals surface area contributed by atoms with Gasteiger partial charge in [-0.1, -0.05) is 6.07 Å². The van der Waals surface area contributed by atoms with Crippen LogP contribution in [-0.2, 0) is 0 Å². The highest BCUT2D eigenvalue weighted by Gasteiger charge is 2.29. The molecule has 1 unspecified atom stereocenters. The number of benzene rings is 1. The predicted molar refractivity (Wildman–Crippen MR) is 83.2 cm³/mol. The first kappa shape index (κ1) is 14.4. The number of aliphatic hydroxyl groups excluding tert-OH is 1. The molecule has 1 aromatic rings. The molecule has 1 aromatic carbocycles. The van der Waals surface area contributed by atoms with Gasteiger partial charge in [-0.15, -0.1) is 0 Å². The van der Waals surface area contributed by atoms with E-state index in [0.717, 1.165) is 30.8 Å². The molecule has 112 valence electrons. The molecule has 0 aromatic heterocycles. The van der Waals surface area contributed by atoms with Crippen molar-refractivity contribution >= 4 is 5.69 Å². The molecule has 2 aliphatic rings. The number of fused-ring (bicyclic) bond motifs is 1. The van der Waals surface area contributed by atoms with Crippen LogP contribution in [0.4, 0.5) is 5.69 Å². The molecule has 2 saturated heterocycles. The molecule has 2 atom stereocenters. The second kappa shape index (κ2) is 6.05. The van der Waals surface area contributed by atoms with Crippen molar-refractivity contribution < 1.29 is 5.11 Å². The van der Waals surface area contributed by atoms with Gasteiger partial charge in [0.15, 0.2) is 0 Å². The van der Waals surface area contributed by atoms with Gasteiger partial charge in [0.2, 0.25) is 0 Å². The Morgan fingerprint density at radius 1 is 1.29 bits per heavy atom. The van der Waals surface area contributed by atoms with Crippen LogP contribution in [0.2, 0.25) is 0 Å². The molecule has 0 spiro atoms. The molecular weight excluding hydrogens is 262 g/mol. The van der Waals surface area contributed by atoms with E-state index in [1.807, 2.05) is 12.1 Å². The number of rotatable bonds is 2. The maximum Gasteiger partial charge on any atom is 0.0992 e. The largest absolute Gasteiger partial charge is 0.389 e. The summed E-state index contributed by atoms with van der Waals surface area (Å²) in [5.41, 5.74) is 2.64.